The maximum atomic E-state index is 14.0. The number of aromatic nitrogens is 4. The Kier molecular flexibility index (Phi) is 3.77. The van der Waals surface area contributed by atoms with Gasteiger partial charge in [0.1, 0.15) is 5.82 Å². The molecule has 1 aliphatic heterocycles. The minimum atomic E-state index is -0.730. The van der Waals surface area contributed by atoms with E-state index in [2.05, 4.69) is 24.8 Å². The van der Waals surface area contributed by atoms with E-state index in [9.17, 15) is 9.18 Å². The Morgan fingerprint density at radius 1 is 1.00 bits per heavy atom. The van der Waals surface area contributed by atoms with Gasteiger partial charge in [-0.3, -0.25) is 14.8 Å². The van der Waals surface area contributed by atoms with E-state index in [-0.39, 0.29) is 5.92 Å². The minimum absolute atomic E-state index is 0.0974. The maximum Gasteiger partial charge on any atom is 0.288 e. The van der Waals surface area contributed by atoms with Gasteiger partial charge in [-0.25, -0.2) is 9.97 Å². The second-order valence-electron chi connectivity index (χ2n) is 7.05. The third kappa shape index (κ3) is 3.01. The molecule has 0 amide bonds. The van der Waals surface area contributed by atoms with Crippen LogP contribution in [0.3, 0.4) is 0 Å². The van der Waals surface area contributed by atoms with Crippen molar-refractivity contribution in [2.75, 3.05) is 36.0 Å². The summed E-state index contributed by atoms with van der Waals surface area (Å²) in [5.74, 6) is 0.673. The normalized spacial score (nSPS) is 17.5. The van der Waals surface area contributed by atoms with Gasteiger partial charge < -0.3 is 9.80 Å². The molecular formula is C19H19FN6O. The fourth-order valence-corrected chi connectivity index (χ4v) is 3.49. The molecule has 2 fully saturated rings. The van der Waals surface area contributed by atoms with Gasteiger partial charge in [-0.05, 0) is 25.0 Å². The van der Waals surface area contributed by atoms with Crippen molar-refractivity contribution in [3.8, 4) is 0 Å². The first-order valence-electron chi connectivity index (χ1n) is 9.20. The predicted molar refractivity (Wildman–Crippen MR) is 101 cm³/mol. The molecule has 0 bridgehead atoms. The number of H-pyrrole nitrogens is 1. The number of anilines is 2. The molecule has 2 aromatic heterocycles. The molecule has 3 aromatic rings. The van der Waals surface area contributed by atoms with Gasteiger partial charge >= 0.3 is 0 Å². The summed E-state index contributed by atoms with van der Waals surface area (Å²) in [6, 6.07) is 7.79. The highest BCUT2D eigenvalue weighted by Gasteiger charge is 2.31. The van der Waals surface area contributed by atoms with Gasteiger partial charge in [0, 0.05) is 32.1 Å². The van der Waals surface area contributed by atoms with Crippen molar-refractivity contribution in [2.45, 2.75) is 18.8 Å². The average Bonchev–Trinajstić information content (AvgIpc) is 3.55. The smallest absolute Gasteiger partial charge is 0.288 e. The van der Waals surface area contributed by atoms with Crippen LogP contribution in [-0.2, 0) is 0 Å². The van der Waals surface area contributed by atoms with E-state index in [0.29, 0.717) is 24.7 Å². The minimum Gasteiger partial charge on any atom is -0.352 e. The summed E-state index contributed by atoms with van der Waals surface area (Å²) in [4.78, 5) is 32.2. The highest BCUT2D eigenvalue weighted by molar-refractivity contribution is 5.75. The molecule has 0 spiro atoms. The van der Waals surface area contributed by atoms with E-state index in [1.54, 1.807) is 6.20 Å². The molecule has 0 radical (unpaired) electrons. The summed E-state index contributed by atoms with van der Waals surface area (Å²) < 4.78 is 14.0. The Morgan fingerprint density at radius 3 is 2.44 bits per heavy atom. The van der Waals surface area contributed by atoms with Crippen LogP contribution in [0.25, 0.3) is 11.0 Å². The number of hydrogen-bond donors (Lipinski definition) is 1. The Morgan fingerprint density at radius 2 is 1.70 bits per heavy atom. The molecule has 5 rings (SSSR count). The molecule has 1 N–H and O–H groups in total. The van der Waals surface area contributed by atoms with Crippen molar-refractivity contribution in [1.29, 1.82) is 0 Å². The van der Waals surface area contributed by atoms with Crippen LogP contribution in [0.1, 0.15) is 24.5 Å². The lowest BCUT2D eigenvalue weighted by Gasteiger charge is -2.35. The summed E-state index contributed by atoms with van der Waals surface area (Å²) in [7, 11) is 0. The van der Waals surface area contributed by atoms with Gasteiger partial charge in [0.15, 0.2) is 0 Å². The van der Waals surface area contributed by atoms with E-state index in [1.165, 1.54) is 0 Å². The number of nitrogens with zero attached hydrogens (tertiary/aromatic N) is 5. The van der Waals surface area contributed by atoms with Crippen molar-refractivity contribution in [3.05, 3.63) is 52.3 Å². The number of fused-ring (bicyclic) bond motifs is 1. The first kappa shape index (κ1) is 16.2. The SMILES string of the molecule is O=c1[nH]c(N2CCN(c3cnc4ccccc4n3)CC2)nc(C2CC2)c1F. The zero-order valence-corrected chi connectivity index (χ0v) is 14.7. The van der Waals surface area contributed by atoms with Crippen molar-refractivity contribution >= 4 is 22.8 Å². The van der Waals surface area contributed by atoms with Gasteiger partial charge in [-0.1, -0.05) is 12.1 Å². The third-order valence-corrected chi connectivity index (χ3v) is 5.18. The zero-order valence-electron chi connectivity index (χ0n) is 14.7. The van der Waals surface area contributed by atoms with Gasteiger partial charge in [0.2, 0.25) is 11.8 Å². The molecule has 8 heteroatoms. The summed E-state index contributed by atoms with van der Waals surface area (Å²) >= 11 is 0. The summed E-state index contributed by atoms with van der Waals surface area (Å²) in [6.45, 7) is 2.81. The van der Waals surface area contributed by atoms with E-state index in [4.69, 9.17) is 0 Å². The fourth-order valence-electron chi connectivity index (χ4n) is 3.49. The first-order valence-corrected chi connectivity index (χ1v) is 9.20. The third-order valence-electron chi connectivity index (χ3n) is 5.18. The van der Waals surface area contributed by atoms with Crippen molar-refractivity contribution in [3.63, 3.8) is 0 Å². The summed E-state index contributed by atoms with van der Waals surface area (Å²) in [5, 5.41) is 0. The molecular weight excluding hydrogens is 347 g/mol. The topological polar surface area (TPSA) is 78.0 Å². The highest BCUT2D eigenvalue weighted by atomic mass is 19.1. The largest absolute Gasteiger partial charge is 0.352 e. The number of aromatic amines is 1. The highest BCUT2D eigenvalue weighted by Crippen LogP contribution is 2.39. The summed E-state index contributed by atoms with van der Waals surface area (Å²) in [5.41, 5.74) is 1.39. The van der Waals surface area contributed by atoms with Gasteiger partial charge in [-0.15, -0.1) is 0 Å². The second-order valence-corrected chi connectivity index (χ2v) is 7.05. The molecule has 1 saturated carbocycles. The average molecular weight is 366 g/mol. The monoisotopic (exact) mass is 366 g/mol. The van der Waals surface area contributed by atoms with Crippen LogP contribution in [0.2, 0.25) is 0 Å². The number of para-hydroxylation sites is 2. The molecule has 138 valence electrons. The molecule has 2 aliphatic rings. The summed E-state index contributed by atoms with van der Waals surface area (Å²) in [6.07, 6.45) is 3.60. The van der Waals surface area contributed by atoms with E-state index in [0.717, 1.165) is 42.8 Å². The Labute approximate surface area is 154 Å². The number of rotatable bonds is 3. The van der Waals surface area contributed by atoms with E-state index >= 15 is 0 Å². The molecule has 3 heterocycles. The van der Waals surface area contributed by atoms with Crippen molar-refractivity contribution < 1.29 is 4.39 Å². The Hall–Kier alpha value is -3.03. The van der Waals surface area contributed by atoms with Gasteiger partial charge in [0.05, 0.1) is 22.9 Å². The molecule has 7 nitrogen and oxygen atoms in total. The van der Waals surface area contributed by atoms with Crippen LogP contribution in [0.5, 0.6) is 0 Å². The number of benzene rings is 1. The van der Waals surface area contributed by atoms with E-state index < -0.39 is 11.4 Å². The Bertz CT molecular complexity index is 1060. The van der Waals surface area contributed by atoms with Crippen LogP contribution in [0, 0.1) is 5.82 Å². The van der Waals surface area contributed by atoms with Gasteiger partial charge in [0.25, 0.3) is 5.56 Å². The zero-order chi connectivity index (χ0) is 18.4. The predicted octanol–water partition coefficient (Wildman–Crippen LogP) is 2.06. The molecule has 0 unspecified atom stereocenters. The fraction of sp³-hybridized carbons (Fsp3) is 0.368. The first-order chi connectivity index (χ1) is 13.2. The number of nitrogens with one attached hydrogen (secondary N) is 1. The molecule has 1 saturated heterocycles. The standard InChI is InChI=1S/C19H19FN6O/c20-16-17(12-5-6-12)23-19(24-18(16)27)26-9-7-25(8-10-26)15-11-21-13-3-1-2-4-14(13)22-15/h1-4,11-12H,5-10H2,(H,23,24,27). The molecule has 1 aliphatic carbocycles. The lowest BCUT2D eigenvalue weighted by Crippen LogP contribution is -2.48. The van der Waals surface area contributed by atoms with Crippen molar-refractivity contribution in [2.24, 2.45) is 0 Å². The molecule has 0 atom stereocenters. The van der Waals surface area contributed by atoms with Crippen LogP contribution >= 0.6 is 0 Å². The lowest BCUT2D eigenvalue weighted by atomic mass is 10.2. The van der Waals surface area contributed by atoms with E-state index in [1.807, 2.05) is 29.2 Å². The second kappa shape index (κ2) is 6.29. The molecule has 27 heavy (non-hydrogen) atoms. The molecule has 1 aromatic carbocycles. The lowest BCUT2D eigenvalue weighted by molar-refractivity contribution is 0.570. The van der Waals surface area contributed by atoms with Crippen LogP contribution in [-0.4, -0.2) is 46.1 Å². The maximum absolute atomic E-state index is 14.0. The Balaban J connectivity index is 1.34. The van der Waals surface area contributed by atoms with Crippen LogP contribution in [0.4, 0.5) is 16.2 Å². The number of piperazine rings is 1. The van der Waals surface area contributed by atoms with Crippen molar-refractivity contribution in [1.82, 2.24) is 19.9 Å². The number of hydrogen-bond acceptors (Lipinski definition) is 6. The quantitative estimate of drug-likeness (QED) is 0.765. The van der Waals surface area contributed by atoms with Gasteiger partial charge in [-0.2, -0.15) is 4.39 Å². The van der Waals surface area contributed by atoms with Crippen LogP contribution < -0.4 is 15.4 Å². The van der Waals surface area contributed by atoms with Crippen LogP contribution in [0.15, 0.2) is 35.3 Å². The number of halogens is 1.